The maximum Gasteiger partial charge on any atom is 0.232 e. The van der Waals surface area contributed by atoms with Gasteiger partial charge in [-0.05, 0) is 23.6 Å². The van der Waals surface area contributed by atoms with Crippen LogP contribution in [0.15, 0.2) is 91.0 Å². The van der Waals surface area contributed by atoms with Crippen molar-refractivity contribution in [3.05, 3.63) is 108 Å². The molecule has 0 saturated carbocycles. The smallest absolute Gasteiger partial charge is 0.232 e. The van der Waals surface area contributed by atoms with Crippen LogP contribution in [0.5, 0.6) is 0 Å². The third-order valence-electron chi connectivity index (χ3n) is 4.99. The number of carbonyl (C=O) groups is 1. The minimum absolute atomic E-state index is 0.0231. The Morgan fingerprint density at radius 3 is 1.63 bits per heavy atom. The molecule has 3 rings (SSSR count). The van der Waals surface area contributed by atoms with Crippen molar-refractivity contribution >= 4 is 17.7 Å². The van der Waals surface area contributed by atoms with Crippen molar-refractivity contribution in [2.24, 2.45) is 0 Å². The fourth-order valence-corrected chi connectivity index (χ4v) is 5.01. The molecule has 0 fully saturated rings. The van der Waals surface area contributed by atoms with Crippen LogP contribution in [0, 0.1) is 0 Å². The Morgan fingerprint density at radius 1 is 0.867 bits per heavy atom. The fraction of sp³-hybridized carbons (Fsp3) is 0.240. The SMILES string of the molecule is CC(SC(c1ccccc1)(c1ccccc1)c1ccccc1)C(=O)NCC(O)CO. The van der Waals surface area contributed by atoms with E-state index in [9.17, 15) is 9.90 Å². The molecule has 3 aromatic carbocycles. The molecule has 0 aliphatic rings. The number of carbonyl (C=O) groups excluding carboxylic acids is 1. The first-order chi connectivity index (χ1) is 14.6. The summed E-state index contributed by atoms with van der Waals surface area (Å²) in [6.45, 7) is 1.51. The maximum atomic E-state index is 12.8. The van der Waals surface area contributed by atoms with Crippen molar-refractivity contribution in [2.45, 2.75) is 23.0 Å². The number of nitrogens with one attached hydrogen (secondary N) is 1. The van der Waals surface area contributed by atoms with Crippen molar-refractivity contribution < 1.29 is 15.0 Å². The van der Waals surface area contributed by atoms with Crippen LogP contribution in [0.2, 0.25) is 0 Å². The second-order valence-corrected chi connectivity index (χ2v) is 8.68. The lowest BCUT2D eigenvalue weighted by Crippen LogP contribution is -2.40. The molecular weight excluding hydrogens is 394 g/mol. The number of thioether (sulfide) groups is 1. The minimum atomic E-state index is -0.965. The first-order valence-electron chi connectivity index (χ1n) is 9.99. The van der Waals surface area contributed by atoms with E-state index in [4.69, 9.17) is 5.11 Å². The lowest BCUT2D eigenvalue weighted by molar-refractivity contribution is -0.120. The van der Waals surface area contributed by atoms with Gasteiger partial charge in [0.1, 0.15) is 0 Å². The van der Waals surface area contributed by atoms with Gasteiger partial charge in [-0.15, -0.1) is 11.8 Å². The van der Waals surface area contributed by atoms with Crippen LogP contribution in [0.4, 0.5) is 0 Å². The lowest BCUT2D eigenvalue weighted by atomic mass is 9.84. The minimum Gasteiger partial charge on any atom is -0.394 e. The van der Waals surface area contributed by atoms with E-state index < -0.39 is 16.1 Å². The summed E-state index contributed by atoms with van der Waals surface area (Å²) in [6, 6.07) is 30.6. The van der Waals surface area contributed by atoms with E-state index in [1.165, 1.54) is 0 Å². The Kier molecular flexibility index (Phi) is 7.69. The van der Waals surface area contributed by atoms with Gasteiger partial charge in [0, 0.05) is 6.54 Å². The van der Waals surface area contributed by atoms with Gasteiger partial charge in [0.25, 0.3) is 0 Å². The predicted molar refractivity (Wildman–Crippen MR) is 122 cm³/mol. The zero-order valence-corrected chi connectivity index (χ0v) is 17.8. The molecule has 0 aliphatic carbocycles. The van der Waals surface area contributed by atoms with Gasteiger partial charge < -0.3 is 15.5 Å². The molecule has 1 amide bonds. The molecule has 0 radical (unpaired) electrons. The summed E-state index contributed by atoms with van der Waals surface area (Å²) < 4.78 is -0.587. The van der Waals surface area contributed by atoms with E-state index in [1.54, 1.807) is 11.8 Å². The van der Waals surface area contributed by atoms with Crippen LogP contribution >= 0.6 is 11.8 Å². The Labute approximate surface area is 182 Å². The zero-order valence-electron chi connectivity index (χ0n) is 16.9. The van der Waals surface area contributed by atoms with E-state index in [1.807, 2.05) is 61.5 Å². The topological polar surface area (TPSA) is 69.6 Å². The summed E-state index contributed by atoms with van der Waals surface area (Å²) in [6.07, 6.45) is -0.965. The number of hydrogen-bond donors (Lipinski definition) is 3. The molecular formula is C25H27NO3S. The van der Waals surface area contributed by atoms with E-state index in [0.717, 1.165) is 16.7 Å². The van der Waals surface area contributed by atoms with Gasteiger partial charge in [-0.1, -0.05) is 91.0 Å². The van der Waals surface area contributed by atoms with E-state index in [0.29, 0.717) is 0 Å². The summed E-state index contributed by atoms with van der Waals surface area (Å²) in [5.74, 6) is -0.181. The quantitative estimate of drug-likeness (QED) is 0.462. The number of aliphatic hydroxyl groups excluding tert-OH is 2. The number of hydrogen-bond acceptors (Lipinski definition) is 4. The molecule has 30 heavy (non-hydrogen) atoms. The highest BCUT2D eigenvalue weighted by molar-refractivity contribution is 8.01. The maximum absolute atomic E-state index is 12.8. The second-order valence-electron chi connectivity index (χ2n) is 7.12. The summed E-state index contributed by atoms with van der Waals surface area (Å²) in [5, 5.41) is 20.9. The average Bonchev–Trinajstić information content (AvgIpc) is 2.82. The molecule has 3 aromatic rings. The van der Waals surface area contributed by atoms with Gasteiger partial charge in [0.2, 0.25) is 5.91 Å². The van der Waals surface area contributed by atoms with Crippen molar-refractivity contribution in [3.8, 4) is 0 Å². The largest absolute Gasteiger partial charge is 0.394 e. The molecule has 0 saturated heterocycles. The normalized spacial score (nSPS) is 13.4. The van der Waals surface area contributed by atoms with Crippen LogP contribution in [0.3, 0.4) is 0 Å². The van der Waals surface area contributed by atoms with Gasteiger partial charge in [-0.2, -0.15) is 0 Å². The molecule has 0 heterocycles. The van der Waals surface area contributed by atoms with E-state index in [-0.39, 0.29) is 19.1 Å². The van der Waals surface area contributed by atoms with Crippen LogP contribution in [-0.4, -0.2) is 40.6 Å². The zero-order chi connectivity index (χ0) is 21.4. The van der Waals surface area contributed by atoms with Gasteiger partial charge >= 0.3 is 0 Å². The second kappa shape index (κ2) is 10.4. The number of benzene rings is 3. The highest BCUT2D eigenvalue weighted by Gasteiger charge is 2.39. The van der Waals surface area contributed by atoms with Crippen LogP contribution in [0.1, 0.15) is 23.6 Å². The van der Waals surface area contributed by atoms with Gasteiger partial charge in [-0.3, -0.25) is 4.79 Å². The standard InChI is InChI=1S/C25H27NO3S/c1-19(24(29)26-17-23(28)18-27)30-25(20-11-5-2-6-12-20,21-13-7-3-8-14-21)22-15-9-4-10-16-22/h2-16,19,23,27-28H,17-18H2,1H3,(H,26,29). The molecule has 0 aliphatic heterocycles. The molecule has 0 spiro atoms. The lowest BCUT2D eigenvalue weighted by Gasteiger charge is -2.37. The third kappa shape index (κ3) is 4.93. The van der Waals surface area contributed by atoms with Crippen LogP contribution in [0.25, 0.3) is 0 Å². The molecule has 156 valence electrons. The Balaban J connectivity index is 2.06. The average molecular weight is 422 g/mol. The number of amides is 1. The summed E-state index contributed by atoms with van der Waals surface area (Å²) >= 11 is 1.56. The Bertz CT molecular complexity index is 822. The molecule has 2 unspecified atom stereocenters. The molecule has 5 heteroatoms. The number of rotatable bonds is 9. The van der Waals surface area contributed by atoms with Crippen molar-refractivity contribution in [1.82, 2.24) is 5.32 Å². The Morgan fingerprint density at radius 2 is 1.27 bits per heavy atom. The van der Waals surface area contributed by atoms with Crippen molar-refractivity contribution in [1.29, 1.82) is 0 Å². The highest BCUT2D eigenvalue weighted by Crippen LogP contribution is 2.50. The molecule has 0 bridgehead atoms. The predicted octanol–water partition coefficient (Wildman–Crippen LogP) is 3.57. The summed E-state index contributed by atoms with van der Waals surface area (Å²) in [5.41, 5.74) is 3.26. The third-order valence-corrected chi connectivity index (χ3v) is 6.61. The van der Waals surface area contributed by atoms with Crippen LogP contribution in [-0.2, 0) is 9.54 Å². The van der Waals surface area contributed by atoms with Crippen LogP contribution < -0.4 is 5.32 Å². The first kappa shape index (κ1) is 22.1. The molecule has 0 aromatic heterocycles. The summed E-state index contributed by atoms with van der Waals surface area (Å²) in [7, 11) is 0. The van der Waals surface area contributed by atoms with E-state index in [2.05, 4.69) is 41.7 Å². The molecule has 4 nitrogen and oxygen atoms in total. The molecule has 2 atom stereocenters. The first-order valence-corrected chi connectivity index (χ1v) is 10.9. The highest BCUT2D eigenvalue weighted by atomic mass is 32.2. The van der Waals surface area contributed by atoms with Crippen molar-refractivity contribution in [3.63, 3.8) is 0 Å². The molecule has 3 N–H and O–H groups in total. The van der Waals surface area contributed by atoms with Gasteiger partial charge in [-0.25, -0.2) is 0 Å². The van der Waals surface area contributed by atoms with E-state index >= 15 is 0 Å². The monoisotopic (exact) mass is 421 g/mol. The van der Waals surface area contributed by atoms with Crippen molar-refractivity contribution in [2.75, 3.05) is 13.2 Å². The number of aliphatic hydroxyl groups is 2. The van der Waals surface area contributed by atoms with Gasteiger partial charge in [0.05, 0.1) is 22.7 Å². The van der Waals surface area contributed by atoms with Gasteiger partial charge in [0.15, 0.2) is 0 Å². The summed E-state index contributed by atoms with van der Waals surface area (Å²) in [4.78, 5) is 12.8. The fourth-order valence-electron chi connectivity index (χ4n) is 3.47. The Hall–Kier alpha value is -2.60.